The molecule has 96 valence electrons. The second kappa shape index (κ2) is 5.64. The van der Waals surface area contributed by atoms with Gasteiger partial charge < -0.3 is 14.4 Å². The summed E-state index contributed by atoms with van der Waals surface area (Å²) >= 11 is 0. The number of ether oxygens (including phenoxy) is 1. The summed E-state index contributed by atoms with van der Waals surface area (Å²) in [5.41, 5.74) is 1.47. The van der Waals surface area contributed by atoms with E-state index in [1.807, 2.05) is 4.57 Å². The summed E-state index contributed by atoms with van der Waals surface area (Å²) in [4.78, 5) is 8.13. The van der Waals surface area contributed by atoms with E-state index >= 15 is 0 Å². The molecule has 1 N–H and O–H groups in total. The SMILES string of the molecule is CCCn1cncc1C(O)c1cncc(OC)c1. The zero-order valence-electron chi connectivity index (χ0n) is 10.6. The molecule has 0 fully saturated rings. The molecule has 2 aromatic rings. The summed E-state index contributed by atoms with van der Waals surface area (Å²) in [5.74, 6) is 0.633. The first-order chi connectivity index (χ1) is 8.76. The Balaban J connectivity index is 2.29. The average molecular weight is 247 g/mol. The molecule has 5 nitrogen and oxygen atoms in total. The largest absolute Gasteiger partial charge is 0.495 e. The van der Waals surface area contributed by atoms with Gasteiger partial charge in [0.2, 0.25) is 0 Å². The van der Waals surface area contributed by atoms with Gasteiger partial charge in [0.15, 0.2) is 0 Å². The number of aromatic nitrogens is 3. The van der Waals surface area contributed by atoms with Crippen LogP contribution in [0.2, 0.25) is 0 Å². The van der Waals surface area contributed by atoms with Gasteiger partial charge in [0.05, 0.1) is 31.5 Å². The van der Waals surface area contributed by atoms with Crippen molar-refractivity contribution >= 4 is 0 Å². The Labute approximate surface area is 106 Å². The molecular weight excluding hydrogens is 230 g/mol. The maximum Gasteiger partial charge on any atom is 0.137 e. The Morgan fingerprint density at radius 2 is 2.17 bits per heavy atom. The van der Waals surface area contributed by atoms with Gasteiger partial charge in [-0.05, 0) is 12.5 Å². The number of aryl methyl sites for hydroxylation is 1. The second-order valence-electron chi connectivity index (χ2n) is 4.07. The number of methoxy groups -OCH3 is 1. The molecule has 0 bridgehead atoms. The molecule has 0 aliphatic heterocycles. The number of hydrogen-bond donors (Lipinski definition) is 1. The lowest BCUT2D eigenvalue weighted by molar-refractivity contribution is 0.208. The number of imidazole rings is 1. The predicted octanol–water partition coefficient (Wildman–Crippen LogP) is 1.78. The lowest BCUT2D eigenvalue weighted by Gasteiger charge is -2.14. The van der Waals surface area contributed by atoms with Crippen LogP contribution in [0.15, 0.2) is 31.0 Å². The molecule has 5 heteroatoms. The second-order valence-corrected chi connectivity index (χ2v) is 4.07. The van der Waals surface area contributed by atoms with Crippen LogP contribution >= 0.6 is 0 Å². The van der Waals surface area contributed by atoms with Gasteiger partial charge in [0.25, 0.3) is 0 Å². The third-order valence-corrected chi connectivity index (χ3v) is 2.77. The molecule has 0 amide bonds. The Kier molecular flexibility index (Phi) is 3.94. The predicted molar refractivity (Wildman–Crippen MR) is 67.4 cm³/mol. The zero-order chi connectivity index (χ0) is 13.0. The number of aliphatic hydroxyl groups excluding tert-OH is 1. The minimum Gasteiger partial charge on any atom is -0.495 e. The van der Waals surface area contributed by atoms with Crippen molar-refractivity contribution in [1.82, 2.24) is 14.5 Å². The number of rotatable bonds is 5. The summed E-state index contributed by atoms with van der Waals surface area (Å²) in [6, 6.07) is 1.78. The standard InChI is InChI=1S/C13H17N3O2/c1-3-4-16-9-15-8-12(16)13(17)10-5-11(18-2)7-14-6-10/h5-9,13,17H,3-4H2,1-2H3. The molecule has 2 heterocycles. The van der Waals surface area contributed by atoms with Crippen LogP contribution in [-0.4, -0.2) is 26.8 Å². The van der Waals surface area contributed by atoms with Crippen molar-refractivity contribution < 1.29 is 9.84 Å². The molecule has 0 aromatic carbocycles. The van der Waals surface area contributed by atoms with E-state index in [0.29, 0.717) is 11.3 Å². The fourth-order valence-corrected chi connectivity index (χ4v) is 1.85. The van der Waals surface area contributed by atoms with E-state index in [-0.39, 0.29) is 0 Å². The van der Waals surface area contributed by atoms with Gasteiger partial charge in [0, 0.05) is 18.3 Å². The van der Waals surface area contributed by atoms with Crippen LogP contribution < -0.4 is 4.74 Å². The highest BCUT2D eigenvalue weighted by molar-refractivity contribution is 5.29. The monoisotopic (exact) mass is 247 g/mol. The van der Waals surface area contributed by atoms with Crippen LogP contribution in [-0.2, 0) is 6.54 Å². The molecule has 0 saturated carbocycles. The minimum absolute atomic E-state index is 0.633. The number of hydrogen-bond acceptors (Lipinski definition) is 4. The van der Waals surface area contributed by atoms with E-state index in [1.165, 1.54) is 0 Å². The van der Waals surface area contributed by atoms with Gasteiger partial charge >= 0.3 is 0 Å². The third kappa shape index (κ3) is 2.51. The van der Waals surface area contributed by atoms with Crippen molar-refractivity contribution in [3.05, 3.63) is 42.2 Å². The number of nitrogens with zero attached hydrogens (tertiary/aromatic N) is 3. The van der Waals surface area contributed by atoms with Crippen LogP contribution in [0.3, 0.4) is 0 Å². The van der Waals surface area contributed by atoms with Crippen molar-refractivity contribution in [2.75, 3.05) is 7.11 Å². The molecule has 18 heavy (non-hydrogen) atoms. The van der Waals surface area contributed by atoms with Crippen molar-refractivity contribution in [3.8, 4) is 5.75 Å². The molecule has 0 radical (unpaired) electrons. The summed E-state index contributed by atoms with van der Waals surface area (Å²) in [6.07, 6.45) is 6.92. The molecule has 0 aliphatic rings. The number of pyridine rings is 1. The quantitative estimate of drug-likeness (QED) is 0.875. The highest BCUT2D eigenvalue weighted by Crippen LogP contribution is 2.23. The molecule has 1 unspecified atom stereocenters. The first-order valence-corrected chi connectivity index (χ1v) is 5.93. The van der Waals surface area contributed by atoms with E-state index in [1.54, 1.807) is 38.1 Å². The van der Waals surface area contributed by atoms with E-state index in [9.17, 15) is 5.11 Å². The van der Waals surface area contributed by atoms with Gasteiger partial charge in [-0.2, -0.15) is 0 Å². The summed E-state index contributed by atoms with van der Waals surface area (Å²) in [6.45, 7) is 2.92. The lowest BCUT2D eigenvalue weighted by Crippen LogP contribution is -2.08. The molecular formula is C13H17N3O2. The topological polar surface area (TPSA) is 60.2 Å². The van der Waals surface area contributed by atoms with Gasteiger partial charge in [-0.1, -0.05) is 6.92 Å². The summed E-state index contributed by atoms with van der Waals surface area (Å²) in [7, 11) is 1.58. The fraction of sp³-hybridized carbons (Fsp3) is 0.385. The molecule has 0 saturated heterocycles. The maximum absolute atomic E-state index is 10.4. The average Bonchev–Trinajstić information content (AvgIpc) is 2.86. The van der Waals surface area contributed by atoms with E-state index in [0.717, 1.165) is 18.7 Å². The first-order valence-electron chi connectivity index (χ1n) is 5.93. The highest BCUT2D eigenvalue weighted by atomic mass is 16.5. The normalized spacial score (nSPS) is 12.4. The Hall–Kier alpha value is -1.88. The van der Waals surface area contributed by atoms with Crippen molar-refractivity contribution in [2.45, 2.75) is 26.0 Å². The number of aliphatic hydroxyl groups is 1. The van der Waals surface area contributed by atoms with E-state index in [2.05, 4.69) is 16.9 Å². The van der Waals surface area contributed by atoms with Crippen LogP contribution in [0.5, 0.6) is 5.75 Å². The fourth-order valence-electron chi connectivity index (χ4n) is 1.85. The van der Waals surface area contributed by atoms with E-state index in [4.69, 9.17) is 4.74 Å². The van der Waals surface area contributed by atoms with Crippen LogP contribution in [0, 0.1) is 0 Å². The van der Waals surface area contributed by atoms with E-state index < -0.39 is 6.10 Å². The van der Waals surface area contributed by atoms with Gasteiger partial charge in [-0.25, -0.2) is 4.98 Å². The van der Waals surface area contributed by atoms with Crippen molar-refractivity contribution in [2.24, 2.45) is 0 Å². The molecule has 2 aromatic heterocycles. The first kappa shape index (κ1) is 12.6. The highest BCUT2D eigenvalue weighted by Gasteiger charge is 2.15. The Morgan fingerprint density at radius 1 is 1.33 bits per heavy atom. The maximum atomic E-state index is 10.4. The van der Waals surface area contributed by atoms with Crippen LogP contribution in [0.25, 0.3) is 0 Å². The molecule has 2 rings (SSSR count). The van der Waals surface area contributed by atoms with Gasteiger partial charge in [-0.3, -0.25) is 4.98 Å². The summed E-state index contributed by atoms with van der Waals surface area (Å²) in [5, 5.41) is 10.4. The minimum atomic E-state index is -0.735. The van der Waals surface area contributed by atoms with Crippen LogP contribution in [0.4, 0.5) is 0 Å². The summed E-state index contributed by atoms with van der Waals surface area (Å²) < 4.78 is 7.05. The lowest BCUT2D eigenvalue weighted by atomic mass is 10.1. The van der Waals surface area contributed by atoms with Gasteiger partial charge in [0.1, 0.15) is 11.9 Å². The molecule has 1 atom stereocenters. The Morgan fingerprint density at radius 3 is 2.89 bits per heavy atom. The molecule has 0 spiro atoms. The van der Waals surface area contributed by atoms with Crippen LogP contribution in [0.1, 0.15) is 30.7 Å². The van der Waals surface area contributed by atoms with Crippen molar-refractivity contribution in [3.63, 3.8) is 0 Å². The third-order valence-electron chi connectivity index (χ3n) is 2.77. The van der Waals surface area contributed by atoms with Gasteiger partial charge in [-0.15, -0.1) is 0 Å². The molecule has 0 aliphatic carbocycles. The Bertz CT molecular complexity index is 510. The zero-order valence-corrected chi connectivity index (χ0v) is 10.6. The smallest absolute Gasteiger partial charge is 0.137 e. The van der Waals surface area contributed by atoms with Crippen molar-refractivity contribution in [1.29, 1.82) is 0 Å².